The Morgan fingerprint density at radius 3 is 2.29 bits per heavy atom. The van der Waals surface area contributed by atoms with Crippen LogP contribution in [0.25, 0.3) is 0 Å². The Balaban J connectivity index is 1.96. The van der Waals surface area contributed by atoms with Gasteiger partial charge in [-0.15, -0.1) is 0 Å². The zero-order valence-electron chi connectivity index (χ0n) is 12.2. The third-order valence-corrected chi connectivity index (χ3v) is 6.26. The van der Waals surface area contributed by atoms with E-state index in [2.05, 4.69) is 0 Å². The molecule has 2 fully saturated rings. The fraction of sp³-hybridized carbons (Fsp3) is 0.846. The number of aliphatic carboxylic acids is 1. The van der Waals surface area contributed by atoms with Gasteiger partial charge in [-0.05, 0) is 32.6 Å². The van der Waals surface area contributed by atoms with E-state index in [0.29, 0.717) is 45.3 Å². The number of hydrogen-bond donors (Lipinski definition) is 1. The van der Waals surface area contributed by atoms with Gasteiger partial charge in [0.2, 0.25) is 15.9 Å². The molecule has 2 heterocycles. The molecule has 1 atom stereocenters. The van der Waals surface area contributed by atoms with Gasteiger partial charge in [-0.25, -0.2) is 17.5 Å². The highest BCUT2D eigenvalue weighted by molar-refractivity contribution is 7.89. The lowest BCUT2D eigenvalue weighted by Gasteiger charge is -2.33. The molecule has 0 aromatic heterocycles. The molecule has 2 aliphatic rings. The first kappa shape index (κ1) is 16.2. The Labute approximate surface area is 125 Å². The number of sulfonamides is 1. The molecule has 1 N–H and O–H groups in total. The number of likely N-dealkylation sites (tertiary alicyclic amines) is 1. The summed E-state index contributed by atoms with van der Waals surface area (Å²) in [6.07, 6.45) is 2.16. The van der Waals surface area contributed by atoms with E-state index in [1.165, 1.54) is 9.21 Å². The molecule has 0 aromatic carbocycles. The molecular formula is C13H22N2O5S. The molecule has 21 heavy (non-hydrogen) atoms. The maximum absolute atomic E-state index is 12.4. The van der Waals surface area contributed by atoms with E-state index in [1.54, 1.807) is 6.92 Å². The summed E-state index contributed by atoms with van der Waals surface area (Å²) in [5.74, 6) is -1.27. The van der Waals surface area contributed by atoms with E-state index in [4.69, 9.17) is 5.11 Å². The van der Waals surface area contributed by atoms with Gasteiger partial charge in [0.05, 0.1) is 5.75 Å². The van der Waals surface area contributed by atoms with Crippen LogP contribution in [0.3, 0.4) is 0 Å². The van der Waals surface area contributed by atoms with E-state index in [9.17, 15) is 18.0 Å². The number of piperidine rings is 1. The number of rotatable bonds is 4. The largest absolute Gasteiger partial charge is 0.480 e. The number of carbonyl (C=O) groups is 2. The van der Waals surface area contributed by atoms with Crippen molar-refractivity contribution in [1.82, 2.24) is 9.21 Å². The molecule has 0 saturated carbocycles. The summed E-state index contributed by atoms with van der Waals surface area (Å²) in [6, 6.07) is -0.713. The Morgan fingerprint density at radius 2 is 1.76 bits per heavy atom. The van der Waals surface area contributed by atoms with Gasteiger partial charge in [-0.1, -0.05) is 0 Å². The lowest BCUT2D eigenvalue weighted by atomic mass is 9.96. The lowest BCUT2D eigenvalue weighted by molar-refractivity contribution is -0.150. The van der Waals surface area contributed by atoms with Gasteiger partial charge < -0.3 is 10.0 Å². The molecule has 1 amide bonds. The molecule has 2 rings (SSSR count). The van der Waals surface area contributed by atoms with Gasteiger partial charge in [0, 0.05) is 25.6 Å². The van der Waals surface area contributed by atoms with Crippen LogP contribution < -0.4 is 0 Å². The number of hydrogen-bond acceptors (Lipinski definition) is 4. The number of carboxylic acids is 1. The molecule has 7 nitrogen and oxygen atoms in total. The van der Waals surface area contributed by atoms with E-state index in [-0.39, 0.29) is 17.6 Å². The fourth-order valence-electron chi connectivity index (χ4n) is 3.09. The SMILES string of the molecule is CCS(=O)(=O)N1CCC(C(=O)N2CCC[C@H]2C(=O)O)CC1. The molecule has 2 saturated heterocycles. The van der Waals surface area contributed by atoms with Crippen molar-refractivity contribution in [3.05, 3.63) is 0 Å². The lowest BCUT2D eigenvalue weighted by Crippen LogP contribution is -2.47. The minimum Gasteiger partial charge on any atom is -0.480 e. The van der Waals surface area contributed by atoms with Gasteiger partial charge >= 0.3 is 5.97 Å². The first-order valence-electron chi connectivity index (χ1n) is 7.38. The third-order valence-electron chi connectivity index (χ3n) is 4.38. The second kappa shape index (κ2) is 6.31. The van der Waals surface area contributed by atoms with Gasteiger partial charge in [0.1, 0.15) is 6.04 Å². The average molecular weight is 318 g/mol. The standard InChI is InChI=1S/C13H22N2O5S/c1-2-21(19,20)14-8-5-10(6-9-14)12(16)15-7-3-4-11(15)13(17)18/h10-11H,2-9H2,1H3,(H,17,18)/t11-/m0/s1. The van der Waals surface area contributed by atoms with E-state index in [1.807, 2.05) is 0 Å². The topological polar surface area (TPSA) is 95.0 Å². The number of amides is 1. The minimum absolute atomic E-state index is 0.0683. The van der Waals surface area contributed by atoms with Crippen molar-refractivity contribution in [2.45, 2.75) is 38.6 Å². The highest BCUT2D eigenvalue weighted by Crippen LogP contribution is 2.26. The quantitative estimate of drug-likeness (QED) is 0.794. The molecular weight excluding hydrogens is 296 g/mol. The summed E-state index contributed by atoms with van der Waals surface area (Å²) < 4.78 is 25.0. The zero-order valence-corrected chi connectivity index (χ0v) is 13.0. The van der Waals surface area contributed by atoms with Crippen molar-refractivity contribution in [2.24, 2.45) is 5.92 Å². The Hall–Kier alpha value is -1.15. The van der Waals surface area contributed by atoms with Crippen molar-refractivity contribution >= 4 is 21.9 Å². The monoisotopic (exact) mass is 318 g/mol. The smallest absolute Gasteiger partial charge is 0.326 e. The van der Waals surface area contributed by atoms with E-state index in [0.717, 1.165) is 0 Å². The summed E-state index contributed by atoms with van der Waals surface area (Å²) in [5, 5.41) is 9.13. The molecule has 120 valence electrons. The van der Waals surface area contributed by atoms with Crippen LogP contribution in [0.2, 0.25) is 0 Å². The second-order valence-corrected chi connectivity index (χ2v) is 7.86. The molecule has 0 aromatic rings. The predicted molar refractivity (Wildman–Crippen MR) is 76.1 cm³/mol. The van der Waals surface area contributed by atoms with Crippen LogP contribution in [0.4, 0.5) is 0 Å². The van der Waals surface area contributed by atoms with Crippen molar-refractivity contribution in [3.63, 3.8) is 0 Å². The fourth-order valence-corrected chi connectivity index (χ4v) is 4.22. The first-order valence-corrected chi connectivity index (χ1v) is 8.99. The van der Waals surface area contributed by atoms with Gasteiger partial charge in [0.15, 0.2) is 0 Å². The Morgan fingerprint density at radius 1 is 1.14 bits per heavy atom. The number of nitrogens with zero attached hydrogens (tertiary/aromatic N) is 2. The predicted octanol–water partition coefficient (Wildman–Crippen LogP) is 0.124. The summed E-state index contributed by atoms with van der Waals surface area (Å²) >= 11 is 0. The molecule has 0 aliphatic carbocycles. The van der Waals surface area contributed by atoms with Crippen LogP contribution in [0.5, 0.6) is 0 Å². The van der Waals surface area contributed by atoms with Crippen LogP contribution in [-0.2, 0) is 19.6 Å². The Kier molecular flexibility index (Phi) is 4.88. The summed E-state index contributed by atoms with van der Waals surface area (Å²) in [6.45, 7) is 2.79. The molecule has 0 unspecified atom stereocenters. The molecule has 0 spiro atoms. The molecule has 0 radical (unpaired) electrons. The maximum Gasteiger partial charge on any atom is 0.326 e. The van der Waals surface area contributed by atoms with Gasteiger partial charge in [0.25, 0.3) is 0 Å². The van der Waals surface area contributed by atoms with Gasteiger partial charge in [-0.2, -0.15) is 0 Å². The molecule has 2 aliphatic heterocycles. The number of carbonyl (C=O) groups excluding carboxylic acids is 1. The van der Waals surface area contributed by atoms with Crippen LogP contribution in [0.15, 0.2) is 0 Å². The minimum atomic E-state index is -3.20. The number of carboxylic acid groups (broad SMARTS) is 1. The van der Waals surface area contributed by atoms with Crippen molar-refractivity contribution in [1.29, 1.82) is 0 Å². The van der Waals surface area contributed by atoms with Crippen LogP contribution in [0, 0.1) is 5.92 Å². The summed E-state index contributed by atoms with van der Waals surface area (Å²) in [5.41, 5.74) is 0. The van der Waals surface area contributed by atoms with Crippen LogP contribution in [0.1, 0.15) is 32.6 Å². The average Bonchev–Trinajstić information content (AvgIpc) is 2.96. The van der Waals surface area contributed by atoms with Crippen LogP contribution in [-0.4, -0.2) is 66.0 Å². The second-order valence-electron chi connectivity index (χ2n) is 5.60. The summed E-state index contributed by atoms with van der Waals surface area (Å²) in [4.78, 5) is 25.0. The highest BCUT2D eigenvalue weighted by atomic mass is 32.2. The van der Waals surface area contributed by atoms with Gasteiger partial charge in [-0.3, -0.25) is 4.79 Å². The van der Waals surface area contributed by atoms with Crippen LogP contribution >= 0.6 is 0 Å². The van der Waals surface area contributed by atoms with Crippen molar-refractivity contribution in [3.8, 4) is 0 Å². The first-order chi connectivity index (χ1) is 9.86. The zero-order chi connectivity index (χ0) is 15.6. The summed E-state index contributed by atoms with van der Waals surface area (Å²) in [7, 11) is -3.20. The van der Waals surface area contributed by atoms with Crippen molar-refractivity contribution < 1.29 is 23.1 Å². The highest BCUT2D eigenvalue weighted by Gasteiger charge is 2.38. The normalized spacial score (nSPS) is 25.2. The molecule has 8 heteroatoms. The van der Waals surface area contributed by atoms with E-state index < -0.39 is 22.0 Å². The third kappa shape index (κ3) is 3.37. The Bertz CT molecular complexity index is 511. The van der Waals surface area contributed by atoms with E-state index >= 15 is 0 Å². The maximum atomic E-state index is 12.4. The van der Waals surface area contributed by atoms with Crippen molar-refractivity contribution in [2.75, 3.05) is 25.4 Å². The molecule has 0 bridgehead atoms.